The smallest absolute Gasteiger partial charge is 0.242 e. The Labute approximate surface area is 323 Å². The number of nitrogens with zero attached hydrogens (tertiary/aromatic N) is 2. The van der Waals surface area contributed by atoms with Gasteiger partial charge in [0.15, 0.2) is 0 Å². The van der Waals surface area contributed by atoms with E-state index >= 15 is 0 Å². The van der Waals surface area contributed by atoms with Crippen LogP contribution in [0.4, 0.5) is 0 Å². The molecule has 1 aromatic heterocycles. The van der Waals surface area contributed by atoms with E-state index in [4.69, 9.17) is 4.98 Å². The van der Waals surface area contributed by atoms with Gasteiger partial charge in [0.05, 0.1) is 22.8 Å². The van der Waals surface area contributed by atoms with E-state index in [2.05, 4.69) is 163 Å². The number of aryl methyl sites for hydroxylation is 6. The first-order valence-corrected chi connectivity index (χ1v) is 19.1. The monoisotopic (exact) mass is 704 g/mol. The SMILES string of the molecule is Cc1cc(C)c(B(c2ccc(-c3ccc4c(c3)nc(-c3ccc(C#N)cc3)c3c5ccccc5c5ccccc5c43)cc2)c2c(C)cc(C)cc2C)c(C)c1. The van der Waals surface area contributed by atoms with E-state index in [-0.39, 0.29) is 6.71 Å². The molecule has 0 fully saturated rings. The van der Waals surface area contributed by atoms with Crippen molar-refractivity contribution in [3.63, 3.8) is 0 Å². The summed E-state index contributed by atoms with van der Waals surface area (Å²) < 4.78 is 0. The minimum atomic E-state index is 0.123. The molecule has 0 radical (unpaired) electrons. The Morgan fingerprint density at radius 2 is 0.927 bits per heavy atom. The van der Waals surface area contributed by atoms with Crippen molar-refractivity contribution in [3.05, 3.63) is 178 Å². The van der Waals surface area contributed by atoms with Crippen molar-refractivity contribution in [2.24, 2.45) is 0 Å². The van der Waals surface area contributed by atoms with Gasteiger partial charge >= 0.3 is 0 Å². The number of hydrogen-bond acceptors (Lipinski definition) is 2. The topological polar surface area (TPSA) is 36.7 Å². The predicted molar refractivity (Wildman–Crippen MR) is 236 cm³/mol. The molecule has 9 aromatic rings. The highest BCUT2D eigenvalue weighted by atomic mass is 14.7. The number of hydrogen-bond donors (Lipinski definition) is 0. The lowest BCUT2D eigenvalue weighted by molar-refractivity contribution is 1.34. The summed E-state index contributed by atoms with van der Waals surface area (Å²) in [4.78, 5) is 5.47. The normalized spacial score (nSPS) is 11.4. The fourth-order valence-electron chi connectivity index (χ4n) is 9.41. The Bertz CT molecular complexity index is 2940. The van der Waals surface area contributed by atoms with Gasteiger partial charge in [-0.15, -0.1) is 0 Å². The van der Waals surface area contributed by atoms with E-state index in [1.807, 2.05) is 24.3 Å². The molecule has 0 N–H and O–H groups in total. The van der Waals surface area contributed by atoms with Crippen LogP contribution in [0, 0.1) is 52.9 Å². The molecule has 0 unspecified atom stereocenters. The second kappa shape index (κ2) is 13.4. The van der Waals surface area contributed by atoms with Crippen molar-refractivity contribution < 1.29 is 0 Å². The van der Waals surface area contributed by atoms with Gasteiger partial charge in [-0.25, -0.2) is 4.98 Å². The Morgan fingerprint density at radius 1 is 0.455 bits per heavy atom. The molecule has 8 aromatic carbocycles. The molecule has 9 rings (SSSR count). The number of pyridine rings is 1. The van der Waals surface area contributed by atoms with E-state index in [1.165, 1.54) is 76.7 Å². The maximum Gasteiger partial charge on any atom is 0.242 e. The molecule has 0 aliphatic carbocycles. The molecule has 0 amide bonds. The average Bonchev–Trinajstić information content (AvgIpc) is 3.19. The summed E-state index contributed by atoms with van der Waals surface area (Å²) in [7, 11) is 0. The van der Waals surface area contributed by atoms with Gasteiger partial charge in [-0.3, -0.25) is 0 Å². The summed E-state index contributed by atoms with van der Waals surface area (Å²) in [5.74, 6) is 0. The van der Waals surface area contributed by atoms with Gasteiger partial charge in [-0.2, -0.15) is 5.26 Å². The van der Waals surface area contributed by atoms with E-state index in [1.54, 1.807) is 0 Å². The summed E-state index contributed by atoms with van der Waals surface area (Å²) >= 11 is 0. The Morgan fingerprint density at radius 3 is 1.45 bits per heavy atom. The molecule has 0 saturated heterocycles. The average molecular weight is 705 g/mol. The Kier molecular flexibility index (Phi) is 8.36. The van der Waals surface area contributed by atoms with Gasteiger partial charge < -0.3 is 0 Å². The van der Waals surface area contributed by atoms with Gasteiger partial charge in [0, 0.05) is 21.7 Å². The molecular formula is C52H41BN2. The van der Waals surface area contributed by atoms with Crippen LogP contribution < -0.4 is 16.4 Å². The van der Waals surface area contributed by atoms with Crippen LogP contribution in [0.25, 0.3) is 65.6 Å². The lowest BCUT2D eigenvalue weighted by Crippen LogP contribution is -2.55. The molecule has 3 heteroatoms. The zero-order valence-corrected chi connectivity index (χ0v) is 32.3. The van der Waals surface area contributed by atoms with Gasteiger partial charge in [-0.1, -0.05) is 171 Å². The minimum absolute atomic E-state index is 0.123. The molecule has 0 atom stereocenters. The highest BCUT2D eigenvalue weighted by Crippen LogP contribution is 2.43. The van der Waals surface area contributed by atoms with Crippen LogP contribution in [0.2, 0.25) is 0 Å². The van der Waals surface area contributed by atoms with Crippen LogP contribution in [-0.2, 0) is 0 Å². The molecule has 0 bridgehead atoms. The van der Waals surface area contributed by atoms with Crippen LogP contribution >= 0.6 is 0 Å². The van der Waals surface area contributed by atoms with Crippen molar-refractivity contribution >= 4 is 66.3 Å². The molecule has 0 spiro atoms. The first kappa shape index (κ1) is 34.3. The van der Waals surface area contributed by atoms with Gasteiger partial charge in [0.25, 0.3) is 0 Å². The highest BCUT2D eigenvalue weighted by molar-refractivity contribution is 6.96. The number of rotatable bonds is 5. The summed E-state index contributed by atoms with van der Waals surface area (Å²) in [6.45, 7) is 13.6. The third kappa shape index (κ3) is 5.78. The van der Waals surface area contributed by atoms with Gasteiger partial charge in [0.2, 0.25) is 6.71 Å². The lowest BCUT2D eigenvalue weighted by atomic mass is 9.34. The van der Waals surface area contributed by atoms with E-state index < -0.39 is 0 Å². The lowest BCUT2D eigenvalue weighted by Gasteiger charge is -2.24. The molecule has 1 heterocycles. The molecule has 0 saturated carbocycles. The van der Waals surface area contributed by atoms with Crippen LogP contribution in [0.15, 0.2) is 140 Å². The van der Waals surface area contributed by atoms with Crippen LogP contribution in [0.3, 0.4) is 0 Å². The Hall–Kier alpha value is -6.50. The zero-order valence-electron chi connectivity index (χ0n) is 32.3. The predicted octanol–water partition coefficient (Wildman–Crippen LogP) is 11.3. The molecular weight excluding hydrogens is 663 g/mol. The number of fused-ring (bicyclic) bond motifs is 8. The first-order valence-electron chi connectivity index (χ1n) is 19.1. The maximum absolute atomic E-state index is 9.58. The Balaban J connectivity index is 1.25. The standard InChI is InChI=1S/C52H41BN2/c1-31-25-33(3)50(34(4)26-31)53(51-35(5)27-32(2)28-36(51)6)41-22-19-38(20-23-41)40-21-24-46-47(29-40)55-52(39-17-15-37(30-54)16-18-39)49-45-14-10-8-12-43(45)42-11-7-9-13-44(42)48(46)49/h7-29H,1-6H3. The number of benzene rings is 8. The van der Waals surface area contributed by atoms with Crippen molar-refractivity contribution in [3.8, 4) is 28.5 Å². The van der Waals surface area contributed by atoms with Crippen molar-refractivity contribution in [1.82, 2.24) is 4.98 Å². The minimum Gasteiger partial charge on any atom is -0.247 e. The van der Waals surface area contributed by atoms with Crippen LogP contribution in [-0.4, -0.2) is 11.7 Å². The van der Waals surface area contributed by atoms with E-state index in [9.17, 15) is 5.26 Å². The summed E-state index contributed by atoms with van der Waals surface area (Å²) in [6, 6.07) is 52.8. The molecule has 2 nitrogen and oxygen atoms in total. The van der Waals surface area contributed by atoms with E-state index in [0.29, 0.717) is 5.56 Å². The second-order valence-corrected chi connectivity index (χ2v) is 15.4. The van der Waals surface area contributed by atoms with Crippen molar-refractivity contribution in [1.29, 1.82) is 5.26 Å². The van der Waals surface area contributed by atoms with Gasteiger partial charge in [-0.05, 0) is 92.4 Å². The zero-order chi connectivity index (χ0) is 38.0. The third-order valence-electron chi connectivity index (χ3n) is 11.6. The van der Waals surface area contributed by atoms with Crippen molar-refractivity contribution in [2.75, 3.05) is 0 Å². The largest absolute Gasteiger partial charge is 0.247 e. The summed E-state index contributed by atoms with van der Waals surface area (Å²) in [6.07, 6.45) is 0. The number of nitriles is 1. The molecule has 0 aliphatic rings. The van der Waals surface area contributed by atoms with Gasteiger partial charge in [0.1, 0.15) is 0 Å². The van der Waals surface area contributed by atoms with Crippen LogP contribution in [0.5, 0.6) is 0 Å². The van der Waals surface area contributed by atoms with Crippen LogP contribution in [0.1, 0.15) is 38.9 Å². The molecule has 262 valence electrons. The maximum atomic E-state index is 9.58. The summed E-state index contributed by atoms with van der Waals surface area (Å²) in [5.41, 5.74) is 17.8. The van der Waals surface area contributed by atoms with E-state index in [0.717, 1.165) is 38.7 Å². The summed E-state index contributed by atoms with van der Waals surface area (Å²) in [5, 5.41) is 17.9. The highest BCUT2D eigenvalue weighted by Gasteiger charge is 2.28. The third-order valence-corrected chi connectivity index (χ3v) is 11.6. The molecule has 0 aliphatic heterocycles. The van der Waals surface area contributed by atoms with Crippen molar-refractivity contribution in [2.45, 2.75) is 41.5 Å². The fourth-order valence-corrected chi connectivity index (χ4v) is 9.41. The second-order valence-electron chi connectivity index (χ2n) is 15.4. The first-order chi connectivity index (χ1) is 26.7. The quantitative estimate of drug-likeness (QED) is 0.132. The fraction of sp³-hybridized carbons (Fsp3) is 0.115. The number of aromatic nitrogens is 1. The molecule has 55 heavy (non-hydrogen) atoms.